The van der Waals surface area contributed by atoms with Gasteiger partial charge in [0.2, 0.25) is 0 Å². The topological polar surface area (TPSA) is 90.3 Å². The van der Waals surface area contributed by atoms with E-state index in [0.717, 1.165) is 33.8 Å². The lowest BCUT2D eigenvalue weighted by Gasteiger charge is -2.17. The van der Waals surface area contributed by atoms with Crippen LogP contribution in [0.25, 0.3) is 27.9 Å². The van der Waals surface area contributed by atoms with Gasteiger partial charge >= 0.3 is 6.09 Å². The van der Waals surface area contributed by atoms with Gasteiger partial charge in [-0.15, -0.1) is 0 Å². The highest BCUT2D eigenvalue weighted by Crippen LogP contribution is 2.36. The molecule has 0 aliphatic rings. The Morgan fingerprint density at radius 2 is 1.61 bits per heavy atom. The first kappa shape index (κ1) is 27.1. The van der Waals surface area contributed by atoms with Crippen LogP contribution in [-0.2, 0) is 20.2 Å². The predicted octanol–water partition coefficient (Wildman–Crippen LogP) is 6.56. The van der Waals surface area contributed by atoms with Gasteiger partial charge in [0.05, 0.1) is 22.9 Å². The number of aryl methyl sites for hydroxylation is 1. The summed E-state index contributed by atoms with van der Waals surface area (Å²) in [7, 11) is -4.14. The smallest absolute Gasteiger partial charge is 0.421 e. The number of hydrogen-bond acceptors (Lipinski definition) is 5. The van der Waals surface area contributed by atoms with E-state index in [9.17, 15) is 13.2 Å². The van der Waals surface area contributed by atoms with E-state index >= 15 is 0 Å². The van der Waals surface area contributed by atoms with Gasteiger partial charge in [-0.25, -0.2) is 22.6 Å². The summed E-state index contributed by atoms with van der Waals surface area (Å²) in [6.07, 6.45) is -1.01. The average Bonchev–Trinajstić information content (AvgIpc) is 3.22. The lowest BCUT2D eigenvalue weighted by Crippen LogP contribution is -2.31. The van der Waals surface area contributed by atoms with E-state index in [1.165, 1.54) is 6.07 Å². The zero-order valence-electron chi connectivity index (χ0n) is 22.6. The van der Waals surface area contributed by atoms with Gasteiger partial charge in [-0.1, -0.05) is 80.9 Å². The highest BCUT2D eigenvalue weighted by molar-refractivity contribution is 7.90. The molecule has 0 saturated carbocycles. The lowest BCUT2D eigenvalue weighted by molar-refractivity contribution is 0.158. The summed E-state index contributed by atoms with van der Waals surface area (Å²) in [6, 6.07) is 22.8. The van der Waals surface area contributed by atoms with E-state index < -0.39 is 16.1 Å². The second kappa shape index (κ2) is 10.5. The second-order valence-electron chi connectivity index (χ2n) is 10.2. The molecule has 1 aromatic heterocycles. The molecule has 0 unspecified atom stereocenters. The van der Waals surface area contributed by atoms with Gasteiger partial charge in [0.1, 0.15) is 0 Å². The van der Waals surface area contributed by atoms with Crippen LogP contribution in [0.2, 0.25) is 0 Å². The van der Waals surface area contributed by atoms with Crippen LogP contribution in [0.1, 0.15) is 44.6 Å². The Labute approximate surface area is 224 Å². The molecule has 0 bridgehead atoms. The molecule has 8 heteroatoms. The highest BCUT2D eigenvalue weighted by Gasteiger charge is 2.27. The molecule has 0 saturated heterocycles. The average molecular weight is 532 g/mol. The van der Waals surface area contributed by atoms with Crippen molar-refractivity contribution in [1.82, 2.24) is 14.5 Å². The number of benzene rings is 3. The van der Waals surface area contributed by atoms with Gasteiger partial charge in [0.25, 0.3) is 10.0 Å². The number of rotatable bonds is 6. The summed E-state index contributed by atoms with van der Waals surface area (Å²) in [5.41, 5.74) is 7.02. The number of aromatic nitrogens is 2. The molecule has 0 radical (unpaired) electrons. The van der Waals surface area contributed by atoms with Crippen molar-refractivity contribution in [2.45, 2.75) is 51.9 Å². The second-order valence-corrected chi connectivity index (χ2v) is 11.9. The maximum atomic E-state index is 13.0. The normalized spacial score (nSPS) is 11.8. The Bertz CT molecular complexity index is 1570. The number of nitrogens with one attached hydrogen (secondary N) is 1. The fourth-order valence-electron chi connectivity index (χ4n) is 4.44. The number of hydrogen-bond donors (Lipinski definition) is 1. The summed E-state index contributed by atoms with van der Waals surface area (Å²) >= 11 is 0. The predicted molar refractivity (Wildman–Crippen MR) is 150 cm³/mol. The summed E-state index contributed by atoms with van der Waals surface area (Å²) < 4.78 is 34.7. The Hall–Kier alpha value is -3.91. The maximum Gasteiger partial charge on any atom is 0.421 e. The molecule has 0 aliphatic carbocycles. The first-order valence-corrected chi connectivity index (χ1v) is 14.0. The van der Waals surface area contributed by atoms with Gasteiger partial charge in [0.15, 0.2) is 0 Å². The van der Waals surface area contributed by atoms with Crippen molar-refractivity contribution in [3.63, 3.8) is 0 Å². The zero-order chi connectivity index (χ0) is 27.7. The van der Waals surface area contributed by atoms with Crippen molar-refractivity contribution in [1.29, 1.82) is 0 Å². The van der Waals surface area contributed by atoms with Crippen molar-refractivity contribution in [3.05, 3.63) is 89.7 Å². The quantitative estimate of drug-likeness (QED) is 0.304. The number of amides is 1. The Kier molecular flexibility index (Phi) is 7.47. The van der Waals surface area contributed by atoms with Gasteiger partial charge in [-0.3, -0.25) is 0 Å². The molecule has 1 heterocycles. The fraction of sp³-hybridized carbons (Fsp3) is 0.267. The summed E-state index contributed by atoms with van der Waals surface area (Å²) in [4.78, 5) is 11.9. The minimum Gasteiger partial charge on any atom is -0.449 e. The van der Waals surface area contributed by atoms with Crippen LogP contribution in [-0.4, -0.2) is 30.9 Å². The first-order valence-electron chi connectivity index (χ1n) is 12.5. The van der Waals surface area contributed by atoms with Crippen molar-refractivity contribution in [2.24, 2.45) is 0 Å². The molecule has 4 aromatic rings. The first-order chi connectivity index (χ1) is 17.9. The molecule has 4 rings (SSSR count). The third kappa shape index (κ3) is 5.50. The van der Waals surface area contributed by atoms with E-state index in [-0.39, 0.29) is 16.9 Å². The Morgan fingerprint density at radius 3 is 2.21 bits per heavy atom. The number of nitrogens with zero attached hydrogens (tertiary/aromatic N) is 2. The van der Waals surface area contributed by atoms with Crippen LogP contribution in [0.15, 0.2) is 77.7 Å². The molecule has 1 amide bonds. The molecule has 1 N–H and O–H groups in total. The Balaban J connectivity index is 1.78. The van der Waals surface area contributed by atoms with Crippen LogP contribution in [0.5, 0.6) is 0 Å². The third-order valence-electron chi connectivity index (χ3n) is 6.23. The van der Waals surface area contributed by atoms with Gasteiger partial charge in [-0.05, 0) is 50.1 Å². The molecule has 0 atom stereocenters. The molecular formula is C30H33N3O4S. The highest BCUT2D eigenvalue weighted by atomic mass is 32.2. The van der Waals surface area contributed by atoms with Gasteiger partial charge < -0.3 is 4.74 Å². The van der Waals surface area contributed by atoms with Crippen LogP contribution < -0.4 is 4.72 Å². The molecule has 0 fully saturated rings. The summed E-state index contributed by atoms with van der Waals surface area (Å²) in [5, 5.41) is 5.01. The maximum absolute atomic E-state index is 13.0. The van der Waals surface area contributed by atoms with Crippen LogP contribution in [0.3, 0.4) is 0 Å². The van der Waals surface area contributed by atoms with Crippen LogP contribution in [0, 0.1) is 13.8 Å². The molecule has 3 aromatic carbocycles. The number of ether oxygens (including phenoxy) is 1. The van der Waals surface area contributed by atoms with E-state index in [2.05, 4.69) is 39.8 Å². The summed E-state index contributed by atoms with van der Waals surface area (Å²) in [5.74, 6) is 0. The molecule has 7 nitrogen and oxygen atoms in total. The molecular weight excluding hydrogens is 498 g/mol. The Morgan fingerprint density at radius 1 is 0.947 bits per heavy atom. The molecule has 38 heavy (non-hydrogen) atoms. The largest absolute Gasteiger partial charge is 0.449 e. The van der Waals surface area contributed by atoms with Crippen LogP contribution >= 0.6 is 0 Å². The number of sulfonamides is 1. The minimum atomic E-state index is -4.14. The molecule has 0 aliphatic heterocycles. The third-order valence-corrected chi connectivity index (χ3v) is 7.60. The SMILES string of the molecule is CCOC(=O)NS(=O)(=O)c1ccc(C)cc1-c1ccc(-n2nc(C(C)(C)C)c(-c3ccccc3)c2C)cc1. The van der Waals surface area contributed by atoms with Crippen molar-refractivity contribution in [3.8, 4) is 27.9 Å². The summed E-state index contributed by atoms with van der Waals surface area (Å²) in [6.45, 7) is 12.1. The molecule has 0 spiro atoms. The minimum absolute atomic E-state index is 0.000514. The van der Waals surface area contributed by atoms with Crippen molar-refractivity contribution >= 4 is 16.1 Å². The monoisotopic (exact) mass is 531 g/mol. The lowest BCUT2D eigenvalue weighted by atomic mass is 9.86. The standard InChI is InChI=1S/C30H33N3O4S/c1-7-37-29(34)32-38(35,36)26-18-13-20(2)19-25(26)22-14-16-24(17-15-22)33-21(3)27(23-11-9-8-10-12-23)28(31-33)30(4,5)6/h8-19H,7H2,1-6H3,(H,32,34). The number of carbonyl (C=O) groups excluding carboxylic acids is 1. The van der Waals surface area contributed by atoms with E-state index in [1.54, 1.807) is 19.1 Å². The van der Waals surface area contributed by atoms with Crippen molar-refractivity contribution < 1.29 is 17.9 Å². The van der Waals surface area contributed by atoms with E-state index in [4.69, 9.17) is 9.84 Å². The van der Waals surface area contributed by atoms with Crippen molar-refractivity contribution in [2.75, 3.05) is 6.61 Å². The van der Waals surface area contributed by atoms with E-state index in [1.807, 2.05) is 58.8 Å². The molecule has 198 valence electrons. The van der Waals surface area contributed by atoms with Crippen LogP contribution in [0.4, 0.5) is 4.79 Å². The van der Waals surface area contributed by atoms with E-state index in [0.29, 0.717) is 11.1 Å². The fourth-order valence-corrected chi connectivity index (χ4v) is 5.54. The van der Waals surface area contributed by atoms with Gasteiger partial charge in [-0.2, -0.15) is 5.10 Å². The van der Waals surface area contributed by atoms with Gasteiger partial charge in [0, 0.05) is 22.2 Å². The number of carbonyl (C=O) groups is 1. The zero-order valence-corrected chi connectivity index (χ0v) is 23.4.